The molecular weight excluding hydrogens is 537 g/mol. The third-order valence-electron chi connectivity index (χ3n) is 6.37. The summed E-state index contributed by atoms with van der Waals surface area (Å²) in [5, 5.41) is 6.48. The van der Waals surface area contributed by atoms with Crippen LogP contribution in [0.3, 0.4) is 0 Å². The molecule has 9 heteroatoms. The largest absolute Gasteiger partial charge is 0.348 e. The lowest BCUT2D eigenvalue weighted by atomic mass is 9.90. The molecule has 1 atom stereocenters. The zero-order valence-corrected chi connectivity index (χ0v) is 23.9. The SMILES string of the molecule is CC.O=C(NCc1ccc(CN(Cc2nccs2)C2CCCc3cccnc32)cc1)c1c(Cl)cncc1Cl. The fourth-order valence-corrected chi connectivity index (χ4v) is 5.79. The van der Waals surface area contributed by atoms with Crippen LogP contribution in [0.2, 0.25) is 10.0 Å². The maximum atomic E-state index is 12.6. The summed E-state index contributed by atoms with van der Waals surface area (Å²) in [6, 6.07) is 12.8. The number of aryl methyl sites for hydroxylation is 1. The summed E-state index contributed by atoms with van der Waals surface area (Å²) in [7, 11) is 0. The van der Waals surface area contributed by atoms with Crippen molar-refractivity contribution < 1.29 is 4.79 Å². The number of nitrogens with one attached hydrogen (secondary N) is 1. The van der Waals surface area contributed by atoms with E-state index in [2.05, 4.69) is 38.4 Å². The highest BCUT2D eigenvalue weighted by Crippen LogP contribution is 2.35. The van der Waals surface area contributed by atoms with Gasteiger partial charge < -0.3 is 5.32 Å². The molecule has 0 aliphatic heterocycles. The summed E-state index contributed by atoms with van der Waals surface area (Å²) in [5.74, 6) is -0.324. The van der Waals surface area contributed by atoms with Crippen molar-refractivity contribution in [2.75, 3.05) is 0 Å². The predicted molar refractivity (Wildman–Crippen MR) is 154 cm³/mol. The van der Waals surface area contributed by atoms with Crippen LogP contribution in [-0.4, -0.2) is 25.8 Å². The Morgan fingerprint density at radius 3 is 2.47 bits per heavy atom. The van der Waals surface area contributed by atoms with Gasteiger partial charge in [-0.15, -0.1) is 11.3 Å². The van der Waals surface area contributed by atoms with Crippen LogP contribution in [0.5, 0.6) is 0 Å². The average Bonchev–Trinajstić information content (AvgIpc) is 3.46. The molecule has 198 valence electrons. The Balaban J connectivity index is 0.00000164. The molecule has 0 bridgehead atoms. The average molecular weight is 569 g/mol. The Morgan fingerprint density at radius 1 is 1.03 bits per heavy atom. The van der Waals surface area contributed by atoms with E-state index in [9.17, 15) is 4.79 Å². The number of nitrogens with zero attached hydrogens (tertiary/aromatic N) is 4. The first-order valence-corrected chi connectivity index (χ1v) is 14.4. The molecule has 0 fully saturated rings. The van der Waals surface area contributed by atoms with Gasteiger partial charge in [-0.05, 0) is 42.0 Å². The number of carbonyl (C=O) groups excluding carboxylic acids is 1. The lowest BCUT2D eigenvalue weighted by Gasteiger charge is -2.34. The standard InChI is InChI=1S/C27H25Cl2N5OS.C2H6/c28-21-14-30-15-22(29)25(21)27(35)33-13-18-6-8-19(9-7-18)16-34(17-24-31-11-12-36-24)23-5-1-3-20-4-2-10-32-26(20)23;1-2/h2,4,6-12,14-15,23H,1,3,5,13,16-17H2,(H,33,35);1-2H3. The molecule has 0 saturated carbocycles. The van der Waals surface area contributed by atoms with Crippen LogP contribution in [0, 0.1) is 0 Å². The number of rotatable bonds is 8. The Hall–Kier alpha value is -2.84. The van der Waals surface area contributed by atoms with Crippen molar-refractivity contribution in [1.29, 1.82) is 0 Å². The number of benzene rings is 1. The minimum atomic E-state index is -0.324. The number of hydrogen-bond donors (Lipinski definition) is 1. The first-order chi connectivity index (χ1) is 18.6. The van der Waals surface area contributed by atoms with Gasteiger partial charge in [-0.1, -0.05) is 67.4 Å². The Labute approximate surface area is 238 Å². The van der Waals surface area contributed by atoms with E-state index in [0.717, 1.165) is 42.9 Å². The molecule has 1 N–H and O–H groups in total. The molecule has 5 rings (SSSR count). The van der Waals surface area contributed by atoms with E-state index in [1.165, 1.54) is 29.2 Å². The number of halogens is 2. The molecule has 3 aromatic heterocycles. The third kappa shape index (κ3) is 6.97. The molecule has 0 radical (unpaired) electrons. The van der Waals surface area contributed by atoms with Crippen LogP contribution < -0.4 is 5.32 Å². The van der Waals surface area contributed by atoms with Crippen molar-refractivity contribution in [1.82, 2.24) is 25.2 Å². The summed E-state index contributed by atoms with van der Waals surface area (Å²) < 4.78 is 0. The first kappa shape index (κ1) is 28.2. The van der Waals surface area contributed by atoms with Crippen LogP contribution in [-0.2, 0) is 26.1 Å². The molecule has 4 aromatic rings. The van der Waals surface area contributed by atoms with Gasteiger partial charge in [-0.3, -0.25) is 19.7 Å². The van der Waals surface area contributed by atoms with Crippen LogP contribution in [0.4, 0.5) is 0 Å². The number of thiazole rings is 1. The molecule has 38 heavy (non-hydrogen) atoms. The molecule has 1 amide bonds. The smallest absolute Gasteiger partial charge is 0.254 e. The molecule has 6 nitrogen and oxygen atoms in total. The van der Waals surface area contributed by atoms with E-state index < -0.39 is 0 Å². The minimum Gasteiger partial charge on any atom is -0.348 e. The second-order valence-electron chi connectivity index (χ2n) is 8.76. The van der Waals surface area contributed by atoms with E-state index in [0.29, 0.717) is 6.54 Å². The van der Waals surface area contributed by atoms with Crippen LogP contribution in [0.15, 0.2) is 66.6 Å². The van der Waals surface area contributed by atoms with Crippen LogP contribution in [0.1, 0.15) is 70.5 Å². The maximum Gasteiger partial charge on any atom is 0.254 e. The van der Waals surface area contributed by atoms with Crippen LogP contribution in [0.25, 0.3) is 0 Å². The van der Waals surface area contributed by atoms with E-state index in [1.54, 1.807) is 11.3 Å². The molecule has 3 heterocycles. The zero-order chi connectivity index (χ0) is 26.9. The topological polar surface area (TPSA) is 71.0 Å². The number of pyridine rings is 2. The van der Waals surface area contributed by atoms with Crippen molar-refractivity contribution in [2.24, 2.45) is 0 Å². The minimum absolute atomic E-state index is 0.231. The molecule has 1 aromatic carbocycles. The molecule has 1 aliphatic rings. The molecular formula is C29H31Cl2N5OS. The van der Waals surface area contributed by atoms with Crippen molar-refractivity contribution in [3.63, 3.8) is 0 Å². The maximum absolute atomic E-state index is 12.6. The summed E-state index contributed by atoms with van der Waals surface area (Å²) in [4.78, 5) is 28.2. The fourth-order valence-electron chi connectivity index (χ4n) is 4.62. The highest BCUT2D eigenvalue weighted by atomic mass is 35.5. The van der Waals surface area contributed by atoms with Gasteiger partial charge in [-0.2, -0.15) is 0 Å². The summed E-state index contributed by atoms with van der Waals surface area (Å²) in [6.45, 7) is 5.94. The molecule has 1 aliphatic carbocycles. The zero-order valence-electron chi connectivity index (χ0n) is 21.5. The summed E-state index contributed by atoms with van der Waals surface area (Å²) in [6.07, 6.45) is 9.90. The van der Waals surface area contributed by atoms with Crippen molar-refractivity contribution in [3.05, 3.63) is 110 Å². The van der Waals surface area contributed by atoms with Gasteiger partial charge in [0, 0.05) is 43.3 Å². The lowest BCUT2D eigenvalue weighted by Crippen LogP contribution is -2.31. The van der Waals surface area contributed by atoms with E-state index in [1.807, 2.05) is 49.8 Å². The second-order valence-corrected chi connectivity index (χ2v) is 10.6. The number of carbonyl (C=O) groups is 1. The number of fused-ring (bicyclic) bond motifs is 1. The molecule has 0 saturated heterocycles. The third-order valence-corrected chi connectivity index (χ3v) is 7.71. The summed E-state index contributed by atoms with van der Waals surface area (Å²) in [5.41, 5.74) is 4.96. The van der Waals surface area contributed by atoms with Crippen molar-refractivity contribution >= 4 is 40.4 Å². The monoisotopic (exact) mass is 567 g/mol. The van der Waals surface area contributed by atoms with Gasteiger partial charge in [0.2, 0.25) is 0 Å². The van der Waals surface area contributed by atoms with E-state index in [-0.39, 0.29) is 27.6 Å². The van der Waals surface area contributed by atoms with Crippen molar-refractivity contribution in [2.45, 2.75) is 58.8 Å². The normalized spacial score (nSPS) is 14.4. The quantitative estimate of drug-likeness (QED) is 0.242. The highest BCUT2D eigenvalue weighted by molar-refractivity contribution is 7.09. The number of hydrogen-bond acceptors (Lipinski definition) is 6. The highest BCUT2D eigenvalue weighted by Gasteiger charge is 2.28. The van der Waals surface area contributed by atoms with Gasteiger partial charge in [-0.25, -0.2) is 4.98 Å². The van der Waals surface area contributed by atoms with E-state index in [4.69, 9.17) is 28.2 Å². The van der Waals surface area contributed by atoms with Gasteiger partial charge >= 0.3 is 0 Å². The van der Waals surface area contributed by atoms with E-state index >= 15 is 0 Å². The van der Waals surface area contributed by atoms with Gasteiger partial charge in [0.1, 0.15) is 5.01 Å². The van der Waals surface area contributed by atoms with Gasteiger partial charge in [0.25, 0.3) is 5.91 Å². The Kier molecular flexibility index (Phi) is 10.2. The Morgan fingerprint density at radius 2 is 1.76 bits per heavy atom. The second kappa shape index (κ2) is 13.8. The van der Waals surface area contributed by atoms with Gasteiger partial charge in [0.15, 0.2) is 0 Å². The number of aromatic nitrogens is 3. The summed E-state index contributed by atoms with van der Waals surface area (Å²) >= 11 is 13.9. The lowest BCUT2D eigenvalue weighted by molar-refractivity contribution is 0.0951. The predicted octanol–water partition coefficient (Wildman–Crippen LogP) is 7.28. The fraction of sp³-hybridized carbons (Fsp3) is 0.310. The Bertz CT molecular complexity index is 1310. The first-order valence-electron chi connectivity index (χ1n) is 12.8. The van der Waals surface area contributed by atoms with Crippen molar-refractivity contribution in [3.8, 4) is 0 Å². The molecule has 1 unspecified atom stereocenters. The molecule has 0 spiro atoms. The van der Waals surface area contributed by atoms with Gasteiger partial charge in [0.05, 0.1) is 33.9 Å². The number of amides is 1. The van der Waals surface area contributed by atoms with Crippen LogP contribution >= 0.6 is 34.5 Å².